The molecule has 0 N–H and O–H groups in total. The van der Waals surface area contributed by atoms with E-state index in [2.05, 4.69) is 16.5 Å². The third-order valence-corrected chi connectivity index (χ3v) is 2.24. The highest BCUT2D eigenvalue weighted by molar-refractivity contribution is 6.32. The van der Waals surface area contributed by atoms with Gasteiger partial charge in [0.2, 0.25) is 5.88 Å². The van der Waals surface area contributed by atoms with E-state index in [0.29, 0.717) is 22.3 Å². The van der Waals surface area contributed by atoms with Crippen LogP contribution in [0.25, 0.3) is 6.08 Å². The zero-order valence-corrected chi connectivity index (χ0v) is 9.19. The van der Waals surface area contributed by atoms with Gasteiger partial charge in [-0.05, 0) is 18.2 Å². The van der Waals surface area contributed by atoms with E-state index in [0.717, 1.165) is 0 Å². The third-order valence-electron chi connectivity index (χ3n) is 1.92. The van der Waals surface area contributed by atoms with Gasteiger partial charge in [-0.2, -0.15) is 0 Å². The van der Waals surface area contributed by atoms with Gasteiger partial charge in [0, 0.05) is 6.07 Å². The molecule has 0 amide bonds. The summed E-state index contributed by atoms with van der Waals surface area (Å²) in [6.07, 6.45) is 3.05. The van der Waals surface area contributed by atoms with Crippen LogP contribution in [0.2, 0.25) is 5.02 Å². The lowest BCUT2D eigenvalue weighted by Crippen LogP contribution is -1.90. The van der Waals surface area contributed by atoms with Crippen LogP contribution in [-0.4, -0.2) is 9.97 Å². The molecule has 0 aliphatic carbocycles. The molecule has 2 rings (SSSR count). The molecule has 0 saturated heterocycles. The first kappa shape index (κ1) is 10.6. The van der Waals surface area contributed by atoms with Crippen LogP contribution in [0.3, 0.4) is 0 Å². The van der Waals surface area contributed by atoms with Crippen molar-refractivity contribution in [2.75, 3.05) is 0 Å². The number of aromatic nitrogens is 2. The van der Waals surface area contributed by atoms with Crippen molar-refractivity contribution in [1.82, 2.24) is 9.97 Å². The van der Waals surface area contributed by atoms with Crippen molar-refractivity contribution in [3.8, 4) is 11.6 Å². The van der Waals surface area contributed by atoms with Gasteiger partial charge in [-0.25, -0.2) is 9.97 Å². The van der Waals surface area contributed by atoms with Gasteiger partial charge in [0.25, 0.3) is 0 Å². The normalized spacial score (nSPS) is 9.81. The van der Waals surface area contributed by atoms with Crippen LogP contribution in [0.5, 0.6) is 11.6 Å². The molecule has 1 heterocycles. The maximum atomic E-state index is 5.96. The molecule has 0 aliphatic rings. The quantitative estimate of drug-likeness (QED) is 0.812. The van der Waals surface area contributed by atoms with E-state index in [1.807, 2.05) is 12.1 Å². The second-order valence-electron chi connectivity index (χ2n) is 3.02. The smallest absolute Gasteiger partial charge is 0.222 e. The van der Waals surface area contributed by atoms with Crippen molar-refractivity contribution in [3.05, 3.63) is 54.0 Å². The topological polar surface area (TPSA) is 35.0 Å². The second-order valence-corrected chi connectivity index (χ2v) is 3.42. The first-order chi connectivity index (χ1) is 7.79. The highest BCUT2D eigenvalue weighted by atomic mass is 35.5. The molecular weight excluding hydrogens is 224 g/mol. The van der Waals surface area contributed by atoms with E-state index in [1.54, 1.807) is 24.3 Å². The first-order valence-electron chi connectivity index (χ1n) is 4.66. The minimum Gasteiger partial charge on any atom is -0.437 e. The zero-order valence-electron chi connectivity index (χ0n) is 8.43. The van der Waals surface area contributed by atoms with Crippen LogP contribution in [0.4, 0.5) is 0 Å². The number of nitrogens with zero attached hydrogens (tertiary/aromatic N) is 2. The van der Waals surface area contributed by atoms with Gasteiger partial charge in [-0.1, -0.05) is 30.3 Å². The Labute approximate surface area is 98.4 Å². The van der Waals surface area contributed by atoms with Gasteiger partial charge >= 0.3 is 0 Å². The monoisotopic (exact) mass is 232 g/mol. The van der Waals surface area contributed by atoms with E-state index < -0.39 is 0 Å². The standard InChI is InChI=1S/C12H9ClN2O/c1-2-9-7-12(15-8-14-9)16-11-6-4-3-5-10(11)13/h2-8H,1H2. The molecule has 0 unspecified atom stereocenters. The van der Waals surface area contributed by atoms with E-state index in [9.17, 15) is 0 Å². The largest absolute Gasteiger partial charge is 0.437 e. The average molecular weight is 233 g/mol. The minimum absolute atomic E-state index is 0.443. The molecule has 1 aromatic heterocycles. The Morgan fingerprint density at radius 2 is 2.06 bits per heavy atom. The van der Waals surface area contributed by atoms with Crippen molar-refractivity contribution >= 4 is 17.7 Å². The summed E-state index contributed by atoms with van der Waals surface area (Å²) in [5, 5.41) is 0.543. The molecule has 0 saturated carbocycles. The Balaban J connectivity index is 2.27. The molecule has 0 fully saturated rings. The Bertz CT molecular complexity index is 514. The lowest BCUT2D eigenvalue weighted by atomic mass is 10.3. The van der Waals surface area contributed by atoms with Crippen molar-refractivity contribution in [2.45, 2.75) is 0 Å². The number of rotatable bonds is 3. The van der Waals surface area contributed by atoms with Crippen LogP contribution in [0, 0.1) is 0 Å². The van der Waals surface area contributed by atoms with Crippen molar-refractivity contribution in [2.24, 2.45) is 0 Å². The average Bonchev–Trinajstić information content (AvgIpc) is 2.32. The number of ether oxygens (including phenoxy) is 1. The Morgan fingerprint density at radius 3 is 2.81 bits per heavy atom. The molecule has 80 valence electrons. The predicted octanol–water partition coefficient (Wildman–Crippen LogP) is 3.57. The molecule has 16 heavy (non-hydrogen) atoms. The third kappa shape index (κ3) is 2.38. The summed E-state index contributed by atoms with van der Waals surface area (Å²) in [5.74, 6) is 1.01. The van der Waals surface area contributed by atoms with Crippen molar-refractivity contribution in [3.63, 3.8) is 0 Å². The van der Waals surface area contributed by atoms with Crippen molar-refractivity contribution < 1.29 is 4.74 Å². The molecule has 4 heteroatoms. The number of benzene rings is 1. The van der Waals surface area contributed by atoms with E-state index >= 15 is 0 Å². The van der Waals surface area contributed by atoms with Gasteiger partial charge in [-0.3, -0.25) is 0 Å². The Kier molecular flexibility index (Phi) is 3.17. The minimum atomic E-state index is 0.443. The summed E-state index contributed by atoms with van der Waals surface area (Å²) in [6.45, 7) is 3.62. The maximum absolute atomic E-state index is 5.96. The van der Waals surface area contributed by atoms with Crippen LogP contribution < -0.4 is 4.74 Å². The molecule has 0 spiro atoms. The summed E-state index contributed by atoms with van der Waals surface area (Å²) in [4.78, 5) is 7.96. The van der Waals surface area contributed by atoms with Gasteiger partial charge in [0.05, 0.1) is 10.7 Å². The molecular formula is C12H9ClN2O. The number of para-hydroxylation sites is 1. The predicted molar refractivity (Wildman–Crippen MR) is 63.6 cm³/mol. The SMILES string of the molecule is C=Cc1cc(Oc2ccccc2Cl)ncn1. The molecule has 0 atom stereocenters. The number of hydrogen-bond donors (Lipinski definition) is 0. The van der Waals surface area contributed by atoms with E-state index in [1.165, 1.54) is 6.33 Å². The molecule has 3 nitrogen and oxygen atoms in total. The highest BCUT2D eigenvalue weighted by Gasteiger charge is 2.03. The molecule has 2 aromatic rings. The van der Waals surface area contributed by atoms with Gasteiger partial charge < -0.3 is 4.74 Å². The fourth-order valence-electron chi connectivity index (χ4n) is 1.16. The van der Waals surface area contributed by atoms with Crippen LogP contribution in [0.1, 0.15) is 5.69 Å². The summed E-state index contributed by atoms with van der Waals surface area (Å²) >= 11 is 5.96. The van der Waals surface area contributed by atoms with Gasteiger partial charge in [-0.15, -0.1) is 0 Å². The lowest BCUT2D eigenvalue weighted by Gasteiger charge is -2.05. The van der Waals surface area contributed by atoms with Gasteiger partial charge in [0.15, 0.2) is 0 Å². The van der Waals surface area contributed by atoms with Crippen molar-refractivity contribution in [1.29, 1.82) is 0 Å². The Hall–Kier alpha value is -1.87. The lowest BCUT2D eigenvalue weighted by molar-refractivity contribution is 0.461. The van der Waals surface area contributed by atoms with Crippen LogP contribution >= 0.6 is 11.6 Å². The van der Waals surface area contributed by atoms with Crippen LogP contribution in [-0.2, 0) is 0 Å². The fourth-order valence-corrected chi connectivity index (χ4v) is 1.34. The molecule has 0 aliphatic heterocycles. The second kappa shape index (κ2) is 4.77. The summed E-state index contributed by atoms with van der Waals surface area (Å²) < 4.78 is 5.52. The Morgan fingerprint density at radius 1 is 1.25 bits per heavy atom. The first-order valence-corrected chi connectivity index (χ1v) is 5.04. The molecule has 0 bridgehead atoms. The highest BCUT2D eigenvalue weighted by Crippen LogP contribution is 2.27. The summed E-state index contributed by atoms with van der Waals surface area (Å²) in [7, 11) is 0. The molecule has 0 radical (unpaired) electrons. The fraction of sp³-hybridized carbons (Fsp3) is 0. The summed E-state index contributed by atoms with van der Waals surface area (Å²) in [5.41, 5.74) is 0.706. The number of hydrogen-bond acceptors (Lipinski definition) is 3. The maximum Gasteiger partial charge on any atom is 0.222 e. The van der Waals surface area contributed by atoms with E-state index in [-0.39, 0.29) is 0 Å². The van der Waals surface area contributed by atoms with Crippen LogP contribution in [0.15, 0.2) is 43.2 Å². The summed E-state index contributed by atoms with van der Waals surface area (Å²) in [6, 6.07) is 8.90. The van der Waals surface area contributed by atoms with E-state index in [4.69, 9.17) is 16.3 Å². The number of halogens is 1. The van der Waals surface area contributed by atoms with Gasteiger partial charge in [0.1, 0.15) is 12.1 Å². The molecule has 1 aromatic carbocycles. The zero-order chi connectivity index (χ0) is 11.4.